The van der Waals surface area contributed by atoms with Crippen LogP contribution < -0.4 is 0 Å². The second kappa shape index (κ2) is 9.99. The van der Waals surface area contributed by atoms with Crippen LogP contribution in [0.15, 0.2) is 47.6 Å². The van der Waals surface area contributed by atoms with E-state index in [2.05, 4.69) is 51.7 Å². The average molecular weight is 443 g/mol. The molecule has 3 aliphatic rings. The zero-order chi connectivity index (χ0) is 23.7. The SMILES string of the molecule is C=C1/C(=C\C=C2/CCC[C@]3(C)[C@@H]([C@@H](C=C[C@@H](C)C(C)(C)O)CC)CC[C@@H]23)C[C@@H](O)C[C@@H]1O. The highest BCUT2D eigenvalue weighted by atomic mass is 16.3. The van der Waals surface area contributed by atoms with Gasteiger partial charge in [-0.1, -0.05) is 57.2 Å². The molecule has 180 valence electrons. The van der Waals surface area contributed by atoms with Crippen molar-refractivity contribution in [2.45, 2.75) is 104 Å². The first-order chi connectivity index (χ1) is 15.0. The van der Waals surface area contributed by atoms with Gasteiger partial charge in [0.2, 0.25) is 0 Å². The molecule has 7 atom stereocenters. The molecule has 0 radical (unpaired) electrons. The van der Waals surface area contributed by atoms with Crippen molar-refractivity contribution in [2.24, 2.45) is 29.1 Å². The molecule has 0 aromatic heterocycles. The predicted molar refractivity (Wildman–Crippen MR) is 133 cm³/mol. The van der Waals surface area contributed by atoms with E-state index in [1.165, 1.54) is 25.7 Å². The van der Waals surface area contributed by atoms with Crippen LogP contribution in [0.4, 0.5) is 0 Å². The van der Waals surface area contributed by atoms with Crippen LogP contribution in [0.5, 0.6) is 0 Å². The number of rotatable bonds is 6. The summed E-state index contributed by atoms with van der Waals surface area (Å²) in [7, 11) is 0. The average Bonchev–Trinajstić information content (AvgIpc) is 3.07. The first-order valence-corrected chi connectivity index (χ1v) is 12.8. The lowest BCUT2D eigenvalue weighted by Crippen LogP contribution is -2.36. The zero-order valence-corrected chi connectivity index (χ0v) is 21.0. The molecule has 0 spiro atoms. The van der Waals surface area contributed by atoms with Gasteiger partial charge in [-0.2, -0.15) is 0 Å². The number of aliphatic hydroxyl groups excluding tert-OH is 2. The van der Waals surface area contributed by atoms with Gasteiger partial charge >= 0.3 is 0 Å². The minimum atomic E-state index is -0.685. The lowest BCUT2D eigenvalue weighted by Gasteiger charge is -2.44. The van der Waals surface area contributed by atoms with Crippen LogP contribution >= 0.6 is 0 Å². The van der Waals surface area contributed by atoms with Crippen molar-refractivity contribution in [3.63, 3.8) is 0 Å². The first kappa shape index (κ1) is 25.5. The standard InChI is InChI=1S/C29H46O3/c1-7-21(11-10-19(2)28(4,5)32)25-14-15-26-22(9-8-16-29(25,26)6)12-13-23-17-24(30)18-27(31)20(23)3/h10-13,19,21,24-27,30-32H,3,7-9,14-18H2,1-2,4-6H3/b11-10?,22-12+,23-13-/t19-,21-,24-,25-,26+,27+,29-/m1/s1. The third-order valence-corrected chi connectivity index (χ3v) is 9.05. The summed E-state index contributed by atoms with van der Waals surface area (Å²) in [6.45, 7) is 14.8. The molecule has 0 aromatic rings. The summed E-state index contributed by atoms with van der Waals surface area (Å²) in [5.74, 6) is 1.98. The molecule has 32 heavy (non-hydrogen) atoms. The lowest BCUT2D eigenvalue weighted by atomic mass is 9.60. The van der Waals surface area contributed by atoms with E-state index >= 15 is 0 Å². The Morgan fingerprint density at radius 1 is 1.19 bits per heavy atom. The van der Waals surface area contributed by atoms with Crippen molar-refractivity contribution in [2.75, 3.05) is 0 Å². The molecule has 3 rings (SSSR count). The first-order valence-electron chi connectivity index (χ1n) is 12.8. The Balaban J connectivity index is 1.80. The monoisotopic (exact) mass is 442 g/mol. The highest BCUT2D eigenvalue weighted by Crippen LogP contribution is 2.60. The van der Waals surface area contributed by atoms with E-state index < -0.39 is 17.8 Å². The normalized spacial score (nSPS) is 38.4. The van der Waals surface area contributed by atoms with Crippen molar-refractivity contribution in [3.8, 4) is 0 Å². The van der Waals surface area contributed by atoms with Gasteiger partial charge in [0.1, 0.15) is 0 Å². The second-order valence-electron chi connectivity index (χ2n) is 11.6. The molecular weight excluding hydrogens is 396 g/mol. The molecule has 3 saturated carbocycles. The Kier molecular flexibility index (Phi) is 7.95. The van der Waals surface area contributed by atoms with E-state index in [-0.39, 0.29) is 5.92 Å². The van der Waals surface area contributed by atoms with Gasteiger partial charge in [0.15, 0.2) is 0 Å². The maximum atomic E-state index is 10.3. The molecule has 3 heteroatoms. The second-order valence-corrected chi connectivity index (χ2v) is 11.6. The highest BCUT2D eigenvalue weighted by molar-refractivity contribution is 5.38. The van der Waals surface area contributed by atoms with E-state index in [0.717, 1.165) is 24.0 Å². The number of allylic oxidation sites excluding steroid dienone is 4. The third-order valence-electron chi connectivity index (χ3n) is 9.05. The fraction of sp³-hybridized carbons (Fsp3) is 0.724. The van der Waals surface area contributed by atoms with Crippen LogP contribution in [0, 0.1) is 29.1 Å². The lowest BCUT2D eigenvalue weighted by molar-refractivity contribution is 0.0435. The molecule has 0 bridgehead atoms. The molecule has 3 N–H and O–H groups in total. The molecule has 0 heterocycles. The number of fused-ring (bicyclic) bond motifs is 1. The summed E-state index contributed by atoms with van der Waals surface area (Å²) < 4.78 is 0. The van der Waals surface area contributed by atoms with Gasteiger partial charge in [0, 0.05) is 12.3 Å². The van der Waals surface area contributed by atoms with Crippen LogP contribution in [0.1, 0.15) is 86.0 Å². The summed E-state index contributed by atoms with van der Waals surface area (Å²) in [5, 5.41) is 30.6. The molecule has 0 aromatic carbocycles. The van der Waals surface area contributed by atoms with Crippen LogP contribution in [-0.4, -0.2) is 33.1 Å². The number of hydrogen-bond acceptors (Lipinski definition) is 3. The molecular formula is C29H46O3. The highest BCUT2D eigenvalue weighted by Gasteiger charge is 2.50. The van der Waals surface area contributed by atoms with E-state index in [1.54, 1.807) is 5.57 Å². The maximum absolute atomic E-state index is 10.3. The minimum absolute atomic E-state index is 0.143. The molecule has 3 nitrogen and oxygen atoms in total. The van der Waals surface area contributed by atoms with Gasteiger partial charge in [0.25, 0.3) is 0 Å². The smallest absolute Gasteiger partial charge is 0.0811 e. The summed E-state index contributed by atoms with van der Waals surface area (Å²) in [6.07, 6.45) is 16.2. The van der Waals surface area contributed by atoms with Crippen LogP contribution in [-0.2, 0) is 0 Å². The topological polar surface area (TPSA) is 60.7 Å². The predicted octanol–water partition coefficient (Wildman–Crippen LogP) is 6.12. The number of aliphatic hydroxyl groups is 3. The third kappa shape index (κ3) is 5.32. The maximum Gasteiger partial charge on any atom is 0.0811 e. The van der Waals surface area contributed by atoms with E-state index in [4.69, 9.17) is 0 Å². The van der Waals surface area contributed by atoms with Crippen molar-refractivity contribution in [1.29, 1.82) is 0 Å². The molecule has 0 aliphatic heterocycles. The molecule has 0 saturated heterocycles. The molecule has 3 aliphatic carbocycles. The van der Waals surface area contributed by atoms with E-state index in [9.17, 15) is 15.3 Å². The van der Waals surface area contributed by atoms with Crippen LogP contribution in [0.2, 0.25) is 0 Å². The van der Waals surface area contributed by atoms with Gasteiger partial charge in [0.05, 0.1) is 17.8 Å². The minimum Gasteiger partial charge on any atom is -0.393 e. The Hall–Kier alpha value is -1.16. The van der Waals surface area contributed by atoms with Gasteiger partial charge in [-0.15, -0.1) is 0 Å². The van der Waals surface area contributed by atoms with Gasteiger partial charge in [-0.25, -0.2) is 0 Å². The fourth-order valence-corrected chi connectivity index (χ4v) is 6.55. The largest absolute Gasteiger partial charge is 0.393 e. The molecule has 3 fully saturated rings. The van der Waals surface area contributed by atoms with Crippen molar-refractivity contribution in [3.05, 3.63) is 47.6 Å². The fourth-order valence-electron chi connectivity index (χ4n) is 6.55. The van der Waals surface area contributed by atoms with Gasteiger partial charge in [-0.3, -0.25) is 0 Å². The Morgan fingerprint density at radius 2 is 1.91 bits per heavy atom. The summed E-state index contributed by atoms with van der Waals surface area (Å²) in [6, 6.07) is 0. The molecule has 0 unspecified atom stereocenters. The Bertz CT molecular complexity index is 768. The van der Waals surface area contributed by atoms with Gasteiger partial charge < -0.3 is 15.3 Å². The Labute approximate surface area is 196 Å². The van der Waals surface area contributed by atoms with Crippen LogP contribution in [0.3, 0.4) is 0 Å². The van der Waals surface area contributed by atoms with E-state index in [1.807, 2.05) is 13.8 Å². The van der Waals surface area contributed by atoms with Gasteiger partial charge in [-0.05, 0) is 93.1 Å². The van der Waals surface area contributed by atoms with Crippen molar-refractivity contribution < 1.29 is 15.3 Å². The van der Waals surface area contributed by atoms with E-state index in [0.29, 0.717) is 36.0 Å². The van der Waals surface area contributed by atoms with Crippen LogP contribution in [0.25, 0.3) is 0 Å². The van der Waals surface area contributed by atoms with Crippen molar-refractivity contribution >= 4 is 0 Å². The summed E-state index contributed by atoms with van der Waals surface area (Å²) in [4.78, 5) is 0. The summed E-state index contributed by atoms with van der Waals surface area (Å²) in [5.41, 5.74) is 2.94. The number of hydrogen-bond donors (Lipinski definition) is 3. The quantitative estimate of drug-likeness (QED) is 0.435. The summed E-state index contributed by atoms with van der Waals surface area (Å²) >= 11 is 0. The Morgan fingerprint density at radius 3 is 2.56 bits per heavy atom. The zero-order valence-electron chi connectivity index (χ0n) is 21.0. The van der Waals surface area contributed by atoms with Crippen molar-refractivity contribution in [1.82, 2.24) is 0 Å². The molecule has 0 amide bonds.